The molecule has 0 aliphatic rings. The third-order valence-electron chi connectivity index (χ3n) is 2.98. The van der Waals surface area contributed by atoms with Gasteiger partial charge in [-0.05, 0) is 17.0 Å². The molecule has 3 nitrogen and oxygen atoms in total. The molecule has 0 heterocycles. The first-order valence-electron chi connectivity index (χ1n) is 5.66. The van der Waals surface area contributed by atoms with E-state index in [1.807, 2.05) is 30.3 Å². The number of halogens is 1. The fraction of sp³-hybridized carbons (Fsp3) is 0.286. The maximum atomic E-state index is 10.1. The van der Waals surface area contributed by atoms with Crippen molar-refractivity contribution in [2.75, 3.05) is 12.4 Å². The van der Waals surface area contributed by atoms with E-state index in [1.54, 1.807) is 13.2 Å². The smallest absolute Gasteiger partial charge is 0.126 e. The number of benzene rings is 2. The average molecular weight is 311 g/mol. The molecule has 0 spiro atoms. The van der Waals surface area contributed by atoms with Crippen LogP contribution < -0.4 is 4.74 Å². The first-order chi connectivity index (χ1) is 8.69. The van der Waals surface area contributed by atoms with E-state index in [0.717, 1.165) is 16.5 Å². The molecule has 0 amide bonds. The Morgan fingerprint density at radius 1 is 1.11 bits per heavy atom. The minimum Gasteiger partial charge on any atom is -0.496 e. The van der Waals surface area contributed by atoms with Gasteiger partial charge in [-0.3, -0.25) is 0 Å². The van der Waals surface area contributed by atoms with E-state index in [0.29, 0.717) is 10.9 Å². The number of hydrogen-bond acceptors (Lipinski definition) is 3. The lowest BCUT2D eigenvalue weighted by Gasteiger charge is -2.19. The van der Waals surface area contributed by atoms with Crippen LogP contribution in [0.2, 0.25) is 0 Å². The summed E-state index contributed by atoms with van der Waals surface area (Å²) in [6.45, 7) is 0. The molecule has 2 aromatic rings. The largest absolute Gasteiger partial charge is 0.496 e. The van der Waals surface area contributed by atoms with Gasteiger partial charge >= 0.3 is 0 Å². The third kappa shape index (κ3) is 2.36. The minimum atomic E-state index is -0.916. The van der Waals surface area contributed by atoms with E-state index in [-0.39, 0.29) is 0 Å². The minimum absolute atomic E-state index is 0.328. The van der Waals surface area contributed by atoms with Gasteiger partial charge in [-0.25, -0.2) is 0 Å². The maximum Gasteiger partial charge on any atom is 0.126 e. The summed E-state index contributed by atoms with van der Waals surface area (Å²) in [6, 6.07) is 11.3. The van der Waals surface area contributed by atoms with Gasteiger partial charge in [0.2, 0.25) is 0 Å². The van der Waals surface area contributed by atoms with Crippen molar-refractivity contribution in [3.05, 3.63) is 42.0 Å². The molecule has 0 saturated heterocycles. The summed E-state index contributed by atoms with van der Waals surface area (Å²) in [5.41, 5.74) is 0.707. The molecule has 0 aliphatic heterocycles. The van der Waals surface area contributed by atoms with Crippen molar-refractivity contribution in [2.24, 2.45) is 0 Å². The second-order valence-electron chi connectivity index (χ2n) is 4.07. The van der Waals surface area contributed by atoms with E-state index < -0.39 is 12.2 Å². The SMILES string of the molecule is COc1ccc(C(O)C(O)CBr)c2ccccc12. The van der Waals surface area contributed by atoms with Crippen LogP contribution in [0.5, 0.6) is 5.75 Å². The van der Waals surface area contributed by atoms with Crippen LogP contribution in [0, 0.1) is 0 Å². The Hall–Kier alpha value is -1.10. The van der Waals surface area contributed by atoms with E-state index in [1.165, 1.54) is 0 Å². The van der Waals surface area contributed by atoms with Crippen LogP contribution >= 0.6 is 15.9 Å². The summed E-state index contributed by atoms with van der Waals surface area (Å²) in [4.78, 5) is 0. The zero-order valence-electron chi connectivity index (χ0n) is 10.0. The van der Waals surface area contributed by atoms with E-state index in [4.69, 9.17) is 4.74 Å². The lowest BCUT2D eigenvalue weighted by molar-refractivity contribution is 0.0352. The molecule has 4 heteroatoms. The highest BCUT2D eigenvalue weighted by atomic mass is 79.9. The fourth-order valence-corrected chi connectivity index (χ4v) is 2.38. The predicted octanol–water partition coefficient (Wildman–Crippen LogP) is 2.64. The van der Waals surface area contributed by atoms with Crippen molar-refractivity contribution >= 4 is 26.7 Å². The highest BCUT2D eigenvalue weighted by molar-refractivity contribution is 9.09. The van der Waals surface area contributed by atoms with Gasteiger partial charge in [0, 0.05) is 10.7 Å². The zero-order valence-corrected chi connectivity index (χ0v) is 11.6. The molecule has 18 heavy (non-hydrogen) atoms. The zero-order chi connectivity index (χ0) is 13.1. The van der Waals surface area contributed by atoms with Crippen LogP contribution in [-0.2, 0) is 0 Å². The number of alkyl halides is 1. The molecule has 0 bridgehead atoms. The summed E-state index contributed by atoms with van der Waals surface area (Å²) in [7, 11) is 1.62. The lowest BCUT2D eigenvalue weighted by Crippen LogP contribution is -2.19. The average Bonchev–Trinajstić information content (AvgIpc) is 2.44. The first kappa shape index (κ1) is 13.3. The molecule has 2 N–H and O–H groups in total. The Morgan fingerprint density at radius 3 is 2.39 bits per heavy atom. The Kier molecular flexibility index (Phi) is 4.22. The second kappa shape index (κ2) is 5.69. The number of fused-ring (bicyclic) bond motifs is 1. The Morgan fingerprint density at radius 2 is 1.78 bits per heavy atom. The van der Waals surface area contributed by atoms with Crippen molar-refractivity contribution in [3.63, 3.8) is 0 Å². The summed E-state index contributed by atoms with van der Waals surface area (Å²) in [6.07, 6.45) is -1.75. The van der Waals surface area contributed by atoms with E-state index in [9.17, 15) is 10.2 Å². The molecule has 2 atom stereocenters. The molecule has 96 valence electrons. The molecule has 0 aliphatic carbocycles. The number of aliphatic hydroxyl groups excluding tert-OH is 2. The van der Waals surface area contributed by atoms with Crippen LogP contribution in [0.25, 0.3) is 10.8 Å². The van der Waals surface area contributed by atoms with Crippen LogP contribution in [-0.4, -0.2) is 28.8 Å². The summed E-state index contributed by atoms with van der Waals surface area (Å²) in [5.74, 6) is 0.759. The molecule has 0 saturated carbocycles. The van der Waals surface area contributed by atoms with Gasteiger partial charge in [0.25, 0.3) is 0 Å². The standard InChI is InChI=1S/C14H15BrO3/c1-18-13-7-6-11(14(17)12(16)8-15)9-4-2-3-5-10(9)13/h2-7,12,14,16-17H,8H2,1H3. The highest BCUT2D eigenvalue weighted by Gasteiger charge is 2.20. The molecule has 2 rings (SSSR count). The molecular formula is C14H15BrO3. The molecule has 2 unspecified atom stereocenters. The lowest BCUT2D eigenvalue weighted by atomic mass is 9.97. The van der Waals surface area contributed by atoms with Gasteiger partial charge < -0.3 is 14.9 Å². The maximum absolute atomic E-state index is 10.1. The van der Waals surface area contributed by atoms with Crippen molar-refractivity contribution in [1.29, 1.82) is 0 Å². The Labute approximate surface area is 114 Å². The van der Waals surface area contributed by atoms with Crippen LogP contribution in [0.4, 0.5) is 0 Å². The summed E-state index contributed by atoms with van der Waals surface area (Å²) in [5, 5.41) is 22.0. The Balaban J connectivity index is 2.59. The third-order valence-corrected chi connectivity index (χ3v) is 3.64. The van der Waals surface area contributed by atoms with Crippen LogP contribution in [0.3, 0.4) is 0 Å². The number of hydrogen-bond donors (Lipinski definition) is 2. The van der Waals surface area contributed by atoms with Gasteiger partial charge in [-0.1, -0.05) is 46.3 Å². The van der Waals surface area contributed by atoms with Gasteiger partial charge in [-0.15, -0.1) is 0 Å². The van der Waals surface area contributed by atoms with Crippen LogP contribution in [0.1, 0.15) is 11.7 Å². The summed E-state index contributed by atoms with van der Waals surface area (Å²) < 4.78 is 5.30. The fourth-order valence-electron chi connectivity index (χ4n) is 2.02. The van der Waals surface area contributed by atoms with Gasteiger partial charge in [0.1, 0.15) is 11.9 Å². The van der Waals surface area contributed by atoms with Crippen molar-refractivity contribution in [2.45, 2.75) is 12.2 Å². The summed E-state index contributed by atoms with van der Waals surface area (Å²) >= 11 is 3.17. The van der Waals surface area contributed by atoms with Gasteiger partial charge in [-0.2, -0.15) is 0 Å². The Bertz CT molecular complexity index is 542. The molecule has 0 radical (unpaired) electrons. The highest BCUT2D eigenvalue weighted by Crippen LogP contribution is 2.32. The monoisotopic (exact) mass is 310 g/mol. The molecule has 2 aromatic carbocycles. The first-order valence-corrected chi connectivity index (χ1v) is 6.79. The number of rotatable bonds is 4. The number of methoxy groups -OCH3 is 1. The molecule has 0 aromatic heterocycles. The van der Waals surface area contributed by atoms with Crippen molar-refractivity contribution < 1.29 is 14.9 Å². The van der Waals surface area contributed by atoms with Gasteiger partial charge in [0.05, 0.1) is 13.2 Å². The van der Waals surface area contributed by atoms with Crippen molar-refractivity contribution in [1.82, 2.24) is 0 Å². The molecular weight excluding hydrogens is 296 g/mol. The van der Waals surface area contributed by atoms with Gasteiger partial charge in [0.15, 0.2) is 0 Å². The normalized spacial score (nSPS) is 14.4. The van der Waals surface area contributed by atoms with Crippen molar-refractivity contribution in [3.8, 4) is 5.75 Å². The van der Waals surface area contributed by atoms with Crippen LogP contribution in [0.15, 0.2) is 36.4 Å². The molecule has 0 fully saturated rings. The number of ether oxygens (including phenoxy) is 1. The second-order valence-corrected chi connectivity index (χ2v) is 4.72. The van der Waals surface area contributed by atoms with E-state index >= 15 is 0 Å². The van der Waals surface area contributed by atoms with E-state index in [2.05, 4.69) is 15.9 Å². The predicted molar refractivity (Wildman–Crippen MR) is 75.3 cm³/mol. The number of aliphatic hydroxyl groups is 2. The topological polar surface area (TPSA) is 49.7 Å². The quantitative estimate of drug-likeness (QED) is 0.854.